The van der Waals surface area contributed by atoms with Crippen molar-refractivity contribution in [1.29, 1.82) is 0 Å². The second-order valence-electron chi connectivity index (χ2n) is 0.980. The molecule has 0 aromatic carbocycles. The molecule has 1 unspecified atom stereocenters. The predicted molar refractivity (Wildman–Crippen MR) is 21.2 cm³/mol. The highest BCUT2D eigenvalue weighted by Crippen LogP contribution is 1.87. The lowest BCUT2D eigenvalue weighted by atomic mass is 10.8. The smallest absolute Gasteiger partial charge is 0.407 e. The molecule has 42 valence electrons. The minimum Gasteiger partial charge on any atom is -0.415 e. The van der Waals surface area contributed by atoms with E-state index in [1.54, 1.807) is 0 Å². The number of primary amides is 1. The highest BCUT2D eigenvalue weighted by Gasteiger charge is 1.98. The van der Waals surface area contributed by atoms with Crippen LogP contribution in [-0.4, -0.2) is 12.5 Å². The SMILES string of the molecule is CC(F)OC(N)=O. The third kappa shape index (κ3) is 5.20. The molecule has 0 saturated carbocycles. The summed E-state index contributed by atoms with van der Waals surface area (Å²) in [5, 5.41) is 0. The Morgan fingerprint density at radius 2 is 2.43 bits per heavy atom. The van der Waals surface area contributed by atoms with Crippen LogP contribution in [0.3, 0.4) is 0 Å². The molecule has 7 heavy (non-hydrogen) atoms. The van der Waals surface area contributed by atoms with Crippen molar-refractivity contribution in [3.8, 4) is 0 Å². The van der Waals surface area contributed by atoms with E-state index in [1.807, 2.05) is 0 Å². The van der Waals surface area contributed by atoms with E-state index < -0.39 is 12.5 Å². The van der Waals surface area contributed by atoms with E-state index in [9.17, 15) is 9.18 Å². The molecule has 0 aliphatic heterocycles. The minimum absolute atomic E-state index is 1.07. The van der Waals surface area contributed by atoms with E-state index >= 15 is 0 Å². The van der Waals surface area contributed by atoms with Crippen molar-refractivity contribution >= 4 is 6.09 Å². The first-order valence-corrected chi connectivity index (χ1v) is 1.73. The summed E-state index contributed by atoms with van der Waals surface area (Å²) in [4.78, 5) is 9.57. The van der Waals surface area contributed by atoms with Crippen LogP contribution in [0.25, 0.3) is 0 Å². The molecule has 3 nitrogen and oxygen atoms in total. The third-order valence-corrected chi connectivity index (χ3v) is 0.279. The van der Waals surface area contributed by atoms with Gasteiger partial charge in [-0.1, -0.05) is 0 Å². The topological polar surface area (TPSA) is 52.3 Å². The maximum absolute atomic E-state index is 11.4. The monoisotopic (exact) mass is 107 g/mol. The predicted octanol–water partition coefficient (Wildman–Crippen LogP) is 0.397. The first-order chi connectivity index (χ1) is 3.13. The van der Waals surface area contributed by atoms with Crippen LogP contribution in [0.4, 0.5) is 9.18 Å². The molecule has 0 fully saturated rings. The zero-order valence-corrected chi connectivity index (χ0v) is 3.85. The van der Waals surface area contributed by atoms with Crippen molar-refractivity contribution in [2.24, 2.45) is 5.73 Å². The van der Waals surface area contributed by atoms with Crippen LogP contribution in [0, 0.1) is 0 Å². The van der Waals surface area contributed by atoms with Crippen LogP contribution in [-0.2, 0) is 4.74 Å². The molecule has 0 saturated heterocycles. The Hall–Kier alpha value is -0.800. The van der Waals surface area contributed by atoms with E-state index in [0.717, 1.165) is 6.92 Å². The Kier molecular flexibility index (Phi) is 2.11. The number of rotatable bonds is 1. The zero-order chi connectivity index (χ0) is 5.86. The molecule has 0 aromatic rings. The van der Waals surface area contributed by atoms with Gasteiger partial charge in [0.25, 0.3) is 0 Å². The molecule has 2 N–H and O–H groups in total. The van der Waals surface area contributed by atoms with Crippen LogP contribution < -0.4 is 5.73 Å². The molecule has 1 atom stereocenters. The summed E-state index contributed by atoms with van der Waals surface area (Å²) in [6, 6.07) is 0. The normalized spacial score (nSPS) is 12.9. The average Bonchev–Trinajstić information content (AvgIpc) is 1.27. The van der Waals surface area contributed by atoms with Crippen LogP contribution in [0.2, 0.25) is 0 Å². The van der Waals surface area contributed by atoms with E-state index in [1.165, 1.54) is 0 Å². The first-order valence-electron chi connectivity index (χ1n) is 1.73. The number of ether oxygens (including phenoxy) is 1. The summed E-state index contributed by atoms with van der Waals surface area (Å²) >= 11 is 0. The lowest BCUT2D eigenvalue weighted by Crippen LogP contribution is -2.16. The fourth-order valence-corrected chi connectivity index (χ4v) is 0.160. The van der Waals surface area contributed by atoms with Crippen LogP contribution in [0.5, 0.6) is 0 Å². The minimum atomic E-state index is -1.60. The van der Waals surface area contributed by atoms with Crippen molar-refractivity contribution in [1.82, 2.24) is 0 Å². The number of hydrogen-bond donors (Lipinski definition) is 1. The van der Waals surface area contributed by atoms with Gasteiger partial charge in [-0.3, -0.25) is 0 Å². The molecule has 0 spiro atoms. The highest BCUT2D eigenvalue weighted by atomic mass is 19.1. The number of amides is 1. The van der Waals surface area contributed by atoms with E-state index in [-0.39, 0.29) is 0 Å². The quantitative estimate of drug-likeness (QED) is 0.527. The highest BCUT2D eigenvalue weighted by molar-refractivity contribution is 5.64. The summed E-state index contributed by atoms with van der Waals surface area (Å²) in [7, 11) is 0. The number of halogens is 1. The Bertz CT molecular complexity index is 73.3. The molecule has 0 aliphatic carbocycles. The summed E-state index contributed by atoms with van der Waals surface area (Å²) < 4.78 is 15.2. The fourth-order valence-electron chi connectivity index (χ4n) is 0.160. The van der Waals surface area contributed by atoms with Crippen molar-refractivity contribution < 1.29 is 13.9 Å². The van der Waals surface area contributed by atoms with Crippen molar-refractivity contribution in [3.05, 3.63) is 0 Å². The third-order valence-electron chi connectivity index (χ3n) is 0.279. The van der Waals surface area contributed by atoms with Crippen LogP contribution >= 0.6 is 0 Å². The van der Waals surface area contributed by atoms with Crippen LogP contribution in [0.15, 0.2) is 0 Å². The largest absolute Gasteiger partial charge is 0.415 e. The van der Waals surface area contributed by atoms with Gasteiger partial charge >= 0.3 is 6.09 Å². The van der Waals surface area contributed by atoms with Gasteiger partial charge in [-0.05, 0) is 0 Å². The number of hydrogen-bond acceptors (Lipinski definition) is 2. The first kappa shape index (κ1) is 6.20. The molecule has 0 rings (SSSR count). The Morgan fingerprint density at radius 3 is 2.43 bits per heavy atom. The molecule has 1 amide bonds. The summed E-state index contributed by atoms with van der Waals surface area (Å²) in [6.07, 6.45) is -2.69. The maximum Gasteiger partial charge on any atom is 0.407 e. The van der Waals surface area contributed by atoms with Gasteiger partial charge in [-0.25, -0.2) is 9.18 Å². The molecule has 4 heteroatoms. The summed E-state index contributed by atoms with van der Waals surface area (Å²) in [6.45, 7) is 1.07. The van der Waals surface area contributed by atoms with Gasteiger partial charge in [-0.2, -0.15) is 0 Å². The van der Waals surface area contributed by atoms with Crippen molar-refractivity contribution in [3.63, 3.8) is 0 Å². The Morgan fingerprint density at radius 1 is 2.00 bits per heavy atom. The van der Waals surface area contributed by atoms with Gasteiger partial charge in [0, 0.05) is 6.92 Å². The zero-order valence-electron chi connectivity index (χ0n) is 3.85. The molecule has 0 bridgehead atoms. The van der Waals surface area contributed by atoms with Crippen LogP contribution in [0.1, 0.15) is 6.92 Å². The molecule has 0 aromatic heterocycles. The standard InChI is InChI=1S/C3H6FNO2/c1-2(4)7-3(5)6/h2H,1H3,(H2,5,6). The Labute approximate surface area is 40.2 Å². The molecular weight excluding hydrogens is 101 g/mol. The second-order valence-corrected chi connectivity index (χ2v) is 0.980. The number of carbonyl (C=O) groups is 1. The lowest BCUT2D eigenvalue weighted by molar-refractivity contribution is 0.0338. The van der Waals surface area contributed by atoms with Gasteiger partial charge in [-0.15, -0.1) is 0 Å². The lowest BCUT2D eigenvalue weighted by Gasteiger charge is -1.97. The van der Waals surface area contributed by atoms with Gasteiger partial charge in [0.2, 0.25) is 6.36 Å². The van der Waals surface area contributed by atoms with Gasteiger partial charge in [0.1, 0.15) is 0 Å². The number of alkyl halides is 1. The van der Waals surface area contributed by atoms with E-state index in [0.29, 0.717) is 0 Å². The fraction of sp³-hybridized carbons (Fsp3) is 0.667. The van der Waals surface area contributed by atoms with E-state index in [2.05, 4.69) is 10.5 Å². The van der Waals surface area contributed by atoms with Crippen molar-refractivity contribution in [2.45, 2.75) is 13.3 Å². The van der Waals surface area contributed by atoms with E-state index in [4.69, 9.17) is 0 Å². The molecule has 0 heterocycles. The van der Waals surface area contributed by atoms with Crippen molar-refractivity contribution in [2.75, 3.05) is 0 Å². The second kappa shape index (κ2) is 2.39. The average molecular weight is 107 g/mol. The molecular formula is C3H6FNO2. The van der Waals surface area contributed by atoms with Gasteiger partial charge in [0.05, 0.1) is 0 Å². The molecule has 0 radical (unpaired) electrons. The maximum atomic E-state index is 11.4. The molecule has 0 aliphatic rings. The summed E-state index contributed by atoms with van der Waals surface area (Å²) in [5.41, 5.74) is 4.39. The number of nitrogens with two attached hydrogens (primary N) is 1. The van der Waals surface area contributed by atoms with Gasteiger partial charge in [0.15, 0.2) is 0 Å². The number of carbonyl (C=O) groups excluding carboxylic acids is 1. The van der Waals surface area contributed by atoms with Gasteiger partial charge < -0.3 is 10.5 Å². The Balaban J connectivity index is 3.13. The summed E-state index contributed by atoms with van der Waals surface area (Å²) in [5.74, 6) is 0.